The van der Waals surface area contributed by atoms with Crippen molar-refractivity contribution < 1.29 is 32.9 Å². The van der Waals surface area contributed by atoms with Crippen molar-refractivity contribution in [3.8, 4) is 0 Å². The third-order valence-electron chi connectivity index (χ3n) is 13.3. The van der Waals surface area contributed by atoms with Gasteiger partial charge in [0.1, 0.15) is 13.2 Å². The quantitative estimate of drug-likeness (QED) is 0.0243. The number of likely N-dealkylation sites (N-methyl/N-ethyl adjacent to an activating group) is 1. The number of unbranched alkanes of at least 4 members (excludes halogenated alkanes) is 37. The van der Waals surface area contributed by atoms with E-state index >= 15 is 0 Å². The summed E-state index contributed by atoms with van der Waals surface area (Å²) in [6.07, 6.45) is 65.5. The molecule has 0 spiro atoms. The van der Waals surface area contributed by atoms with Gasteiger partial charge >= 0.3 is 7.82 Å². The van der Waals surface area contributed by atoms with Crippen molar-refractivity contribution in [2.75, 3.05) is 40.9 Å². The van der Waals surface area contributed by atoms with E-state index in [1.807, 2.05) is 27.2 Å². The molecule has 0 saturated carbocycles. The highest BCUT2D eigenvalue weighted by Gasteiger charge is 2.27. The van der Waals surface area contributed by atoms with Crippen molar-refractivity contribution in [2.24, 2.45) is 0 Å². The fraction of sp³-hybridized carbons (Fsp3) is 0.881. The Kier molecular flexibility index (Phi) is 49.7. The first-order valence-corrected chi connectivity index (χ1v) is 30.9. The summed E-state index contributed by atoms with van der Waals surface area (Å²) in [5.41, 5.74) is 0. The van der Waals surface area contributed by atoms with Crippen LogP contribution in [0.15, 0.2) is 36.5 Å². The topological polar surface area (TPSA) is 105 Å². The Labute approximate surface area is 423 Å². The van der Waals surface area contributed by atoms with E-state index < -0.39 is 20.0 Å². The molecule has 0 aliphatic heterocycles. The van der Waals surface area contributed by atoms with Gasteiger partial charge in [-0.25, -0.2) is 4.57 Å². The van der Waals surface area contributed by atoms with Crippen LogP contribution in [0.4, 0.5) is 0 Å². The van der Waals surface area contributed by atoms with Crippen LogP contribution in [0.3, 0.4) is 0 Å². The van der Waals surface area contributed by atoms with Gasteiger partial charge in [0.25, 0.3) is 0 Å². The van der Waals surface area contributed by atoms with Crippen molar-refractivity contribution in [2.45, 2.75) is 296 Å². The Bertz CT molecular complexity index is 1200. The predicted molar refractivity (Wildman–Crippen MR) is 295 cm³/mol. The number of hydrogen-bond donors (Lipinski definition) is 3. The van der Waals surface area contributed by atoms with Gasteiger partial charge in [0.15, 0.2) is 0 Å². The number of carbonyl (C=O) groups excluding carboxylic acids is 1. The molecule has 0 aromatic rings. The molecule has 9 heteroatoms. The minimum Gasteiger partial charge on any atom is -0.387 e. The second-order valence-corrected chi connectivity index (χ2v) is 22.8. The lowest BCUT2D eigenvalue weighted by molar-refractivity contribution is -0.870. The van der Waals surface area contributed by atoms with E-state index in [4.69, 9.17) is 9.05 Å². The molecular formula is C59H116N2O6P+. The molecule has 0 aliphatic carbocycles. The molecule has 0 rings (SSSR count). The highest BCUT2D eigenvalue weighted by molar-refractivity contribution is 7.47. The number of rotatable bonds is 54. The van der Waals surface area contributed by atoms with Crippen molar-refractivity contribution in [3.05, 3.63) is 36.5 Å². The normalized spacial score (nSPS) is 14.2. The van der Waals surface area contributed by atoms with Crippen LogP contribution in [0.2, 0.25) is 0 Å². The number of quaternary nitrogens is 1. The van der Waals surface area contributed by atoms with Crippen LogP contribution < -0.4 is 5.32 Å². The van der Waals surface area contributed by atoms with Gasteiger partial charge in [0, 0.05) is 6.42 Å². The molecule has 0 fully saturated rings. The van der Waals surface area contributed by atoms with Gasteiger partial charge in [-0.1, -0.05) is 269 Å². The first kappa shape index (κ1) is 66.7. The predicted octanol–water partition coefficient (Wildman–Crippen LogP) is 17.8. The summed E-state index contributed by atoms with van der Waals surface area (Å²) in [4.78, 5) is 23.2. The van der Waals surface area contributed by atoms with Crippen molar-refractivity contribution >= 4 is 13.7 Å². The van der Waals surface area contributed by atoms with E-state index in [0.717, 1.165) is 44.9 Å². The SMILES string of the molecule is CCCCCCCCCCCCCCCCCCCCCCC/C=C/CC/C=C/CC/C=C/C(O)C(COP(=O)(O)OCC[N+](C)(C)C)NC(=O)CCCCCCCCCCCCCCCCC. The molecule has 0 aliphatic rings. The molecule has 0 aromatic carbocycles. The summed E-state index contributed by atoms with van der Waals surface area (Å²) in [6.45, 7) is 4.82. The Hall–Kier alpha value is -1.28. The van der Waals surface area contributed by atoms with E-state index in [1.54, 1.807) is 6.08 Å². The molecule has 402 valence electrons. The third kappa shape index (κ3) is 52.5. The van der Waals surface area contributed by atoms with Gasteiger partial charge in [-0.3, -0.25) is 13.8 Å². The Morgan fingerprint density at radius 3 is 1.18 bits per heavy atom. The molecule has 0 bridgehead atoms. The maximum Gasteiger partial charge on any atom is 0.472 e. The van der Waals surface area contributed by atoms with E-state index in [9.17, 15) is 19.4 Å². The van der Waals surface area contributed by atoms with E-state index in [0.29, 0.717) is 17.4 Å². The Morgan fingerprint density at radius 1 is 0.485 bits per heavy atom. The van der Waals surface area contributed by atoms with E-state index in [-0.39, 0.29) is 19.1 Å². The number of aliphatic hydroxyl groups excluding tert-OH is 1. The molecule has 3 unspecified atom stereocenters. The molecule has 0 heterocycles. The molecule has 0 radical (unpaired) electrons. The Morgan fingerprint density at radius 2 is 0.809 bits per heavy atom. The summed E-state index contributed by atoms with van der Waals surface area (Å²) in [5.74, 6) is -0.188. The number of nitrogens with one attached hydrogen (secondary N) is 1. The molecule has 68 heavy (non-hydrogen) atoms. The fourth-order valence-electron chi connectivity index (χ4n) is 8.72. The van der Waals surface area contributed by atoms with E-state index in [1.165, 1.54) is 218 Å². The summed E-state index contributed by atoms with van der Waals surface area (Å²) in [6, 6.07) is -0.867. The number of amides is 1. The van der Waals surface area contributed by atoms with Gasteiger partial charge in [-0.05, 0) is 44.9 Å². The standard InChI is InChI=1S/C59H115N2O6P/c1-6-8-10-12-14-16-18-20-22-23-24-25-26-27-28-29-30-31-32-33-34-35-36-37-39-40-42-44-46-48-50-52-58(62)57(56-67-68(64,65)66-55-54-61(3,4)5)60-59(63)53-51-49-47-45-43-41-38-21-19-17-15-13-11-9-7-2/h36-37,42,44,50,52,57-58,62H,6-35,38-41,43,45-49,51,53-56H2,1-5H3,(H-,60,63,64,65)/p+1/b37-36+,44-42+,52-50+. The molecular weight excluding hydrogens is 864 g/mol. The summed E-state index contributed by atoms with van der Waals surface area (Å²) < 4.78 is 23.7. The average molecular weight is 981 g/mol. The van der Waals surface area contributed by atoms with Crippen LogP contribution in [-0.4, -0.2) is 73.4 Å². The summed E-state index contributed by atoms with van der Waals surface area (Å²) in [7, 11) is 1.56. The second-order valence-electron chi connectivity index (χ2n) is 21.4. The monoisotopic (exact) mass is 980 g/mol. The van der Waals surface area contributed by atoms with Gasteiger partial charge in [0.05, 0.1) is 39.9 Å². The molecule has 3 N–H and O–H groups in total. The molecule has 8 nitrogen and oxygen atoms in total. The lowest BCUT2D eigenvalue weighted by Gasteiger charge is -2.25. The number of allylic oxidation sites excluding steroid dienone is 5. The second kappa shape index (κ2) is 50.7. The van der Waals surface area contributed by atoms with Gasteiger partial charge in [0.2, 0.25) is 5.91 Å². The van der Waals surface area contributed by atoms with Crippen LogP contribution >= 0.6 is 7.82 Å². The van der Waals surface area contributed by atoms with Crippen LogP contribution in [0.1, 0.15) is 284 Å². The van der Waals surface area contributed by atoms with Gasteiger partial charge in [-0.15, -0.1) is 0 Å². The average Bonchev–Trinajstić information content (AvgIpc) is 3.30. The highest BCUT2D eigenvalue weighted by Crippen LogP contribution is 2.43. The molecule has 1 amide bonds. The largest absolute Gasteiger partial charge is 0.472 e. The summed E-state index contributed by atoms with van der Waals surface area (Å²) >= 11 is 0. The maximum atomic E-state index is 12.9. The zero-order valence-electron chi connectivity index (χ0n) is 45.9. The number of phosphoric acid groups is 1. The zero-order chi connectivity index (χ0) is 49.9. The molecule has 3 atom stereocenters. The van der Waals surface area contributed by atoms with Crippen LogP contribution in [0, 0.1) is 0 Å². The van der Waals surface area contributed by atoms with Crippen molar-refractivity contribution in [3.63, 3.8) is 0 Å². The van der Waals surface area contributed by atoms with Crippen LogP contribution in [0.5, 0.6) is 0 Å². The molecule has 0 saturated heterocycles. The Balaban J connectivity index is 4.17. The fourth-order valence-corrected chi connectivity index (χ4v) is 9.46. The smallest absolute Gasteiger partial charge is 0.387 e. The minimum absolute atomic E-state index is 0.0550. The number of nitrogens with zero attached hydrogens (tertiary/aromatic N) is 1. The third-order valence-corrected chi connectivity index (χ3v) is 14.3. The van der Waals surface area contributed by atoms with Crippen LogP contribution in [0.25, 0.3) is 0 Å². The minimum atomic E-state index is -4.35. The maximum absolute atomic E-state index is 12.9. The number of phosphoric ester groups is 1. The van der Waals surface area contributed by atoms with Gasteiger partial charge in [-0.2, -0.15) is 0 Å². The lowest BCUT2D eigenvalue weighted by atomic mass is 10.0. The highest BCUT2D eigenvalue weighted by atomic mass is 31.2. The number of aliphatic hydroxyl groups is 1. The van der Waals surface area contributed by atoms with Crippen molar-refractivity contribution in [1.82, 2.24) is 5.32 Å². The van der Waals surface area contributed by atoms with Crippen LogP contribution in [-0.2, 0) is 18.4 Å². The summed E-state index contributed by atoms with van der Waals surface area (Å²) in [5, 5.41) is 13.9. The first-order chi connectivity index (χ1) is 33.0. The van der Waals surface area contributed by atoms with Gasteiger partial charge < -0.3 is 19.8 Å². The first-order valence-electron chi connectivity index (χ1n) is 29.4. The van der Waals surface area contributed by atoms with E-state index in [2.05, 4.69) is 43.5 Å². The molecule has 0 aromatic heterocycles. The lowest BCUT2D eigenvalue weighted by Crippen LogP contribution is -2.45. The zero-order valence-corrected chi connectivity index (χ0v) is 46.8. The number of carbonyl (C=O) groups is 1. The number of hydrogen-bond acceptors (Lipinski definition) is 5. The van der Waals surface area contributed by atoms with Crippen molar-refractivity contribution in [1.29, 1.82) is 0 Å².